The van der Waals surface area contributed by atoms with Gasteiger partial charge in [0, 0.05) is 13.0 Å². The monoisotopic (exact) mass is 484 g/mol. The quantitative estimate of drug-likeness (QED) is 0.430. The molecule has 4 rings (SSSR count). The molecular formula is C28H40O5Si. The summed E-state index contributed by atoms with van der Waals surface area (Å²) in [6, 6.07) is 21.5. The zero-order valence-corrected chi connectivity index (χ0v) is 22.0. The van der Waals surface area contributed by atoms with Crippen LogP contribution in [0.1, 0.15) is 53.4 Å². The Hall–Kier alpha value is -1.54. The van der Waals surface area contributed by atoms with Gasteiger partial charge in [-0.15, -0.1) is 0 Å². The van der Waals surface area contributed by atoms with Gasteiger partial charge >= 0.3 is 0 Å². The van der Waals surface area contributed by atoms with E-state index in [1.54, 1.807) is 0 Å². The SMILES string of the molecule is CC1CC2(COCO)OC(CCO[Si](c3ccccc3)(c3ccccc3)C(C)(C)C)CCC2O1. The number of rotatable bonds is 9. The van der Waals surface area contributed by atoms with Crippen molar-refractivity contribution in [3.05, 3.63) is 60.7 Å². The third kappa shape index (κ3) is 5.03. The number of fused-ring (bicyclic) bond motifs is 1. The molecule has 186 valence electrons. The molecule has 2 aromatic carbocycles. The van der Waals surface area contributed by atoms with E-state index in [1.807, 2.05) is 0 Å². The molecule has 4 atom stereocenters. The molecule has 0 saturated carbocycles. The summed E-state index contributed by atoms with van der Waals surface area (Å²) in [4.78, 5) is 0. The molecule has 0 radical (unpaired) electrons. The zero-order valence-electron chi connectivity index (χ0n) is 21.0. The fourth-order valence-electron chi connectivity index (χ4n) is 5.97. The average molecular weight is 485 g/mol. The lowest BCUT2D eigenvalue weighted by atomic mass is 9.87. The molecule has 2 saturated heterocycles. The van der Waals surface area contributed by atoms with Crippen molar-refractivity contribution in [2.24, 2.45) is 0 Å². The molecule has 5 nitrogen and oxygen atoms in total. The van der Waals surface area contributed by atoms with Crippen molar-refractivity contribution in [2.45, 2.75) is 82.3 Å². The van der Waals surface area contributed by atoms with E-state index in [4.69, 9.17) is 18.6 Å². The van der Waals surface area contributed by atoms with Crippen LogP contribution in [-0.4, -0.2) is 57.3 Å². The number of ether oxygens (including phenoxy) is 3. The van der Waals surface area contributed by atoms with Gasteiger partial charge in [0.15, 0.2) is 0 Å². The predicted molar refractivity (Wildman–Crippen MR) is 137 cm³/mol. The van der Waals surface area contributed by atoms with Crippen molar-refractivity contribution in [1.82, 2.24) is 0 Å². The molecule has 4 unspecified atom stereocenters. The van der Waals surface area contributed by atoms with Gasteiger partial charge < -0.3 is 23.7 Å². The maximum absolute atomic E-state index is 9.24. The lowest BCUT2D eigenvalue weighted by Crippen LogP contribution is -2.66. The fourth-order valence-corrected chi connectivity index (χ4v) is 10.5. The van der Waals surface area contributed by atoms with Gasteiger partial charge in [0.1, 0.15) is 12.4 Å². The van der Waals surface area contributed by atoms with Crippen LogP contribution >= 0.6 is 0 Å². The van der Waals surface area contributed by atoms with Crippen LogP contribution in [0.3, 0.4) is 0 Å². The minimum absolute atomic E-state index is 0.0305. The van der Waals surface area contributed by atoms with Crippen molar-refractivity contribution in [1.29, 1.82) is 0 Å². The maximum Gasteiger partial charge on any atom is 0.261 e. The molecule has 0 amide bonds. The number of aliphatic hydroxyl groups is 1. The van der Waals surface area contributed by atoms with E-state index in [0.29, 0.717) is 13.2 Å². The smallest absolute Gasteiger partial charge is 0.261 e. The van der Waals surface area contributed by atoms with Gasteiger partial charge in [-0.05, 0) is 41.6 Å². The summed E-state index contributed by atoms with van der Waals surface area (Å²) < 4.78 is 25.3. The van der Waals surface area contributed by atoms with Crippen LogP contribution in [0.25, 0.3) is 0 Å². The standard InChI is InChI=1S/C28H40O5Si/c1-22-19-28(20-30-21-29)26(32-22)16-15-23(33-28)17-18-31-34(27(2,3)4,24-11-7-5-8-12-24)25-13-9-6-10-14-25/h5-14,22-23,26,29H,15-21H2,1-4H3. The Balaban J connectivity index is 1.54. The van der Waals surface area contributed by atoms with Crippen LogP contribution in [0.5, 0.6) is 0 Å². The summed E-state index contributed by atoms with van der Waals surface area (Å²) in [5.41, 5.74) is -0.470. The van der Waals surface area contributed by atoms with Gasteiger partial charge in [0.05, 0.1) is 24.9 Å². The highest BCUT2D eigenvalue weighted by atomic mass is 28.4. The first-order valence-corrected chi connectivity index (χ1v) is 14.5. The molecule has 2 fully saturated rings. The van der Waals surface area contributed by atoms with Gasteiger partial charge in [-0.25, -0.2) is 0 Å². The van der Waals surface area contributed by atoms with Crippen LogP contribution < -0.4 is 10.4 Å². The number of aliphatic hydroxyl groups excluding tert-OH is 1. The summed E-state index contributed by atoms with van der Waals surface area (Å²) in [5.74, 6) is 0. The zero-order chi connectivity index (χ0) is 24.2. The van der Waals surface area contributed by atoms with E-state index in [9.17, 15) is 5.11 Å². The molecule has 0 bridgehead atoms. The topological polar surface area (TPSA) is 57.2 Å². The second kappa shape index (κ2) is 10.6. The van der Waals surface area contributed by atoms with E-state index < -0.39 is 13.9 Å². The predicted octanol–water partition coefficient (Wildman–Crippen LogP) is 4.01. The van der Waals surface area contributed by atoms with Crippen LogP contribution in [0.2, 0.25) is 5.04 Å². The summed E-state index contributed by atoms with van der Waals surface area (Å²) in [6.45, 7) is 9.70. The Morgan fingerprint density at radius 3 is 2.18 bits per heavy atom. The normalized spacial score (nSPS) is 27.5. The number of hydrogen-bond acceptors (Lipinski definition) is 5. The van der Waals surface area contributed by atoms with Gasteiger partial charge in [-0.1, -0.05) is 81.4 Å². The summed E-state index contributed by atoms with van der Waals surface area (Å²) in [5, 5.41) is 11.8. The first-order valence-electron chi connectivity index (χ1n) is 12.6. The van der Waals surface area contributed by atoms with Crippen molar-refractivity contribution >= 4 is 18.7 Å². The molecule has 6 heteroatoms. The Labute approximate surface area is 205 Å². The summed E-state index contributed by atoms with van der Waals surface area (Å²) in [6.07, 6.45) is 3.77. The lowest BCUT2D eigenvalue weighted by Gasteiger charge is -2.44. The minimum Gasteiger partial charge on any atom is -0.407 e. The number of benzene rings is 2. The molecule has 0 spiro atoms. The highest BCUT2D eigenvalue weighted by Crippen LogP contribution is 2.43. The summed E-state index contributed by atoms with van der Waals surface area (Å²) in [7, 11) is -2.55. The Bertz CT molecular complexity index is 861. The Morgan fingerprint density at radius 1 is 1.00 bits per heavy atom. The molecule has 2 aromatic rings. The molecule has 34 heavy (non-hydrogen) atoms. The molecule has 2 aliphatic rings. The first kappa shape index (κ1) is 25.5. The maximum atomic E-state index is 9.24. The van der Waals surface area contributed by atoms with Crippen LogP contribution in [0.4, 0.5) is 0 Å². The third-order valence-electron chi connectivity index (χ3n) is 7.38. The second-order valence-electron chi connectivity index (χ2n) is 10.8. The van der Waals surface area contributed by atoms with Gasteiger partial charge in [-0.3, -0.25) is 0 Å². The van der Waals surface area contributed by atoms with E-state index in [-0.39, 0.29) is 30.1 Å². The largest absolute Gasteiger partial charge is 0.407 e. The first-order chi connectivity index (χ1) is 16.3. The average Bonchev–Trinajstić information content (AvgIpc) is 3.16. The highest BCUT2D eigenvalue weighted by molar-refractivity contribution is 6.99. The van der Waals surface area contributed by atoms with E-state index >= 15 is 0 Å². The molecular weight excluding hydrogens is 444 g/mol. The van der Waals surface area contributed by atoms with Crippen LogP contribution in [0.15, 0.2) is 60.7 Å². The lowest BCUT2D eigenvalue weighted by molar-refractivity contribution is -0.201. The van der Waals surface area contributed by atoms with E-state index in [2.05, 4.69) is 88.4 Å². The van der Waals surface area contributed by atoms with E-state index in [1.165, 1.54) is 10.4 Å². The van der Waals surface area contributed by atoms with Crippen molar-refractivity contribution in [3.8, 4) is 0 Å². The van der Waals surface area contributed by atoms with Crippen LogP contribution in [-0.2, 0) is 18.6 Å². The van der Waals surface area contributed by atoms with E-state index in [0.717, 1.165) is 25.7 Å². The van der Waals surface area contributed by atoms with Crippen molar-refractivity contribution in [2.75, 3.05) is 20.0 Å². The third-order valence-corrected chi connectivity index (χ3v) is 12.4. The molecule has 1 N–H and O–H groups in total. The molecule has 2 aliphatic heterocycles. The second-order valence-corrected chi connectivity index (χ2v) is 15.1. The molecule has 2 heterocycles. The Kier molecular flexibility index (Phi) is 7.97. The number of hydrogen-bond donors (Lipinski definition) is 1. The van der Waals surface area contributed by atoms with Crippen LogP contribution in [0, 0.1) is 0 Å². The minimum atomic E-state index is -2.55. The fraction of sp³-hybridized carbons (Fsp3) is 0.571. The highest BCUT2D eigenvalue weighted by Gasteiger charge is 2.53. The van der Waals surface area contributed by atoms with Crippen molar-refractivity contribution < 1.29 is 23.7 Å². The summed E-state index contributed by atoms with van der Waals surface area (Å²) >= 11 is 0. The molecule has 0 aromatic heterocycles. The molecule has 0 aliphatic carbocycles. The van der Waals surface area contributed by atoms with Crippen molar-refractivity contribution in [3.63, 3.8) is 0 Å². The van der Waals surface area contributed by atoms with Gasteiger partial charge in [0.2, 0.25) is 0 Å². The Morgan fingerprint density at radius 2 is 1.62 bits per heavy atom. The van der Waals surface area contributed by atoms with Gasteiger partial charge in [0.25, 0.3) is 8.32 Å². The van der Waals surface area contributed by atoms with Gasteiger partial charge in [-0.2, -0.15) is 0 Å².